The number of pyridine rings is 1. The zero-order chi connectivity index (χ0) is 20.6. The molecule has 1 heterocycles. The van der Waals surface area contributed by atoms with Gasteiger partial charge in [0, 0.05) is 19.3 Å². The summed E-state index contributed by atoms with van der Waals surface area (Å²) in [6, 6.07) is 17.9. The lowest BCUT2D eigenvalue weighted by Crippen LogP contribution is -2.23. The van der Waals surface area contributed by atoms with E-state index in [1.54, 1.807) is 30.5 Å². The Morgan fingerprint density at radius 2 is 1.62 bits per heavy atom. The van der Waals surface area contributed by atoms with Crippen LogP contribution in [-0.2, 0) is 13.1 Å². The number of rotatable bonds is 8. The standard InChI is InChI=1S/C24H24FN3O/c1-18(2)17-29-23-10-6-20(7-11-23)16-28(15-19-4-8-21(25)9-5-19)24-14-22(26-3)12-13-27-24/h4-14,18H,15-17H2,1-2H3. The quantitative estimate of drug-likeness (QED) is 0.442. The van der Waals surface area contributed by atoms with Crippen LogP contribution in [-0.4, -0.2) is 11.6 Å². The maximum absolute atomic E-state index is 13.3. The van der Waals surface area contributed by atoms with Crippen molar-refractivity contribution in [1.29, 1.82) is 0 Å². The zero-order valence-electron chi connectivity index (χ0n) is 16.7. The van der Waals surface area contributed by atoms with Crippen molar-refractivity contribution in [1.82, 2.24) is 4.98 Å². The first-order valence-corrected chi connectivity index (χ1v) is 9.58. The third-order valence-corrected chi connectivity index (χ3v) is 4.35. The largest absolute Gasteiger partial charge is 0.493 e. The first-order chi connectivity index (χ1) is 14.0. The first kappa shape index (κ1) is 20.3. The minimum absolute atomic E-state index is 0.259. The molecule has 2 aromatic carbocycles. The SMILES string of the molecule is [C-]#[N+]c1ccnc(N(Cc2ccc(F)cc2)Cc2ccc(OCC(C)C)cc2)c1. The summed E-state index contributed by atoms with van der Waals surface area (Å²) >= 11 is 0. The molecule has 5 heteroatoms. The summed E-state index contributed by atoms with van der Waals surface area (Å²) in [5.41, 5.74) is 2.61. The molecule has 0 amide bonds. The summed E-state index contributed by atoms with van der Waals surface area (Å²) in [6.07, 6.45) is 1.64. The molecule has 0 aliphatic heterocycles. The highest BCUT2D eigenvalue weighted by Crippen LogP contribution is 2.23. The van der Waals surface area contributed by atoms with Gasteiger partial charge >= 0.3 is 0 Å². The number of ether oxygens (including phenoxy) is 1. The van der Waals surface area contributed by atoms with Gasteiger partial charge in [0.1, 0.15) is 17.4 Å². The highest BCUT2D eigenvalue weighted by Gasteiger charge is 2.11. The van der Waals surface area contributed by atoms with Gasteiger partial charge in [0.2, 0.25) is 0 Å². The van der Waals surface area contributed by atoms with Crippen LogP contribution >= 0.6 is 0 Å². The van der Waals surface area contributed by atoms with Crippen molar-refractivity contribution in [3.8, 4) is 5.75 Å². The summed E-state index contributed by atoms with van der Waals surface area (Å²) in [5, 5.41) is 0. The van der Waals surface area contributed by atoms with Crippen molar-refractivity contribution >= 4 is 11.5 Å². The van der Waals surface area contributed by atoms with E-state index in [0.717, 1.165) is 16.9 Å². The molecular weight excluding hydrogens is 365 g/mol. The molecule has 0 N–H and O–H groups in total. The number of hydrogen-bond acceptors (Lipinski definition) is 3. The molecule has 0 saturated carbocycles. The van der Waals surface area contributed by atoms with Gasteiger partial charge in [-0.25, -0.2) is 14.2 Å². The molecule has 0 saturated heterocycles. The van der Waals surface area contributed by atoms with Gasteiger partial charge in [-0.3, -0.25) is 0 Å². The second-order valence-electron chi connectivity index (χ2n) is 7.32. The first-order valence-electron chi connectivity index (χ1n) is 9.58. The lowest BCUT2D eigenvalue weighted by molar-refractivity contribution is 0.271. The molecule has 0 unspecified atom stereocenters. The van der Waals surface area contributed by atoms with Crippen molar-refractivity contribution in [3.05, 3.63) is 95.2 Å². The molecule has 148 valence electrons. The third kappa shape index (κ3) is 6.05. The molecule has 0 radical (unpaired) electrons. The second-order valence-corrected chi connectivity index (χ2v) is 7.32. The smallest absolute Gasteiger partial charge is 0.192 e. The Kier molecular flexibility index (Phi) is 6.80. The molecule has 29 heavy (non-hydrogen) atoms. The van der Waals surface area contributed by atoms with E-state index in [0.29, 0.717) is 37.1 Å². The lowest BCUT2D eigenvalue weighted by Gasteiger charge is -2.24. The van der Waals surface area contributed by atoms with E-state index in [4.69, 9.17) is 11.3 Å². The molecule has 0 bridgehead atoms. The van der Waals surface area contributed by atoms with Crippen molar-refractivity contribution < 1.29 is 9.13 Å². The Bertz CT molecular complexity index is 963. The van der Waals surface area contributed by atoms with Gasteiger partial charge in [-0.2, -0.15) is 0 Å². The Morgan fingerprint density at radius 3 is 2.21 bits per heavy atom. The van der Waals surface area contributed by atoms with Crippen LogP contribution < -0.4 is 9.64 Å². The molecule has 0 atom stereocenters. The number of nitrogens with zero attached hydrogens (tertiary/aromatic N) is 3. The molecule has 0 fully saturated rings. The predicted octanol–water partition coefficient (Wildman–Crippen LogP) is 6.01. The van der Waals surface area contributed by atoms with E-state index in [1.165, 1.54) is 12.1 Å². The third-order valence-electron chi connectivity index (χ3n) is 4.35. The van der Waals surface area contributed by atoms with Crippen LogP contribution in [0.5, 0.6) is 5.75 Å². The molecule has 1 aromatic heterocycles. The number of hydrogen-bond donors (Lipinski definition) is 0. The Labute approximate surface area is 171 Å². The maximum atomic E-state index is 13.3. The van der Waals surface area contributed by atoms with Crippen LogP contribution in [0, 0.1) is 18.3 Å². The Morgan fingerprint density at radius 1 is 1.00 bits per heavy atom. The van der Waals surface area contributed by atoms with Crippen molar-refractivity contribution in [2.24, 2.45) is 5.92 Å². The minimum Gasteiger partial charge on any atom is -0.493 e. The summed E-state index contributed by atoms with van der Waals surface area (Å²) in [4.78, 5) is 10.0. The summed E-state index contributed by atoms with van der Waals surface area (Å²) in [6.45, 7) is 13.3. The van der Waals surface area contributed by atoms with Crippen molar-refractivity contribution in [2.75, 3.05) is 11.5 Å². The number of benzene rings is 2. The number of halogens is 1. The highest BCUT2D eigenvalue weighted by molar-refractivity contribution is 5.54. The van der Waals surface area contributed by atoms with E-state index < -0.39 is 0 Å². The zero-order valence-corrected chi connectivity index (χ0v) is 16.7. The average Bonchev–Trinajstić information content (AvgIpc) is 2.74. The van der Waals surface area contributed by atoms with Gasteiger partial charge in [0.05, 0.1) is 13.2 Å². The molecule has 0 aliphatic carbocycles. The summed E-state index contributed by atoms with van der Waals surface area (Å²) in [7, 11) is 0. The lowest BCUT2D eigenvalue weighted by atomic mass is 10.1. The minimum atomic E-state index is -0.259. The maximum Gasteiger partial charge on any atom is 0.192 e. The number of aromatic nitrogens is 1. The molecule has 0 aliphatic rings. The highest BCUT2D eigenvalue weighted by atomic mass is 19.1. The molecule has 3 rings (SSSR count). The molecule has 4 nitrogen and oxygen atoms in total. The van der Waals surface area contributed by atoms with E-state index >= 15 is 0 Å². The van der Waals surface area contributed by atoms with Gasteiger partial charge in [0.15, 0.2) is 5.69 Å². The van der Waals surface area contributed by atoms with Crippen molar-refractivity contribution in [3.63, 3.8) is 0 Å². The van der Waals surface area contributed by atoms with Crippen LogP contribution in [0.15, 0.2) is 66.9 Å². The molecular formula is C24H24FN3O. The predicted molar refractivity (Wildman–Crippen MR) is 114 cm³/mol. The molecule has 3 aromatic rings. The van der Waals surface area contributed by atoms with Gasteiger partial charge in [-0.15, -0.1) is 0 Å². The Balaban J connectivity index is 1.80. The fourth-order valence-electron chi connectivity index (χ4n) is 2.85. The second kappa shape index (κ2) is 9.70. The van der Waals surface area contributed by atoms with Crippen molar-refractivity contribution in [2.45, 2.75) is 26.9 Å². The van der Waals surface area contributed by atoms with E-state index in [-0.39, 0.29) is 5.82 Å². The van der Waals surface area contributed by atoms with Gasteiger partial charge < -0.3 is 9.64 Å². The van der Waals surface area contributed by atoms with E-state index in [9.17, 15) is 4.39 Å². The van der Waals surface area contributed by atoms with Crippen LogP contribution in [0.3, 0.4) is 0 Å². The van der Waals surface area contributed by atoms with Gasteiger partial charge in [-0.05, 0) is 53.4 Å². The normalized spacial score (nSPS) is 10.6. The summed E-state index contributed by atoms with van der Waals surface area (Å²) < 4.78 is 19.0. The van der Waals surface area contributed by atoms with Crippen LogP contribution in [0.2, 0.25) is 0 Å². The van der Waals surface area contributed by atoms with E-state index in [2.05, 4.69) is 28.6 Å². The monoisotopic (exact) mass is 389 g/mol. The average molecular weight is 389 g/mol. The molecule has 0 spiro atoms. The fourth-order valence-corrected chi connectivity index (χ4v) is 2.85. The summed E-state index contributed by atoms with van der Waals surface area (Å²) in [5.74, 6) is 1.77. The van der Waals surface area contributed by atoms with Gasteiger partial charge in [-0.1, -0.05) is 38.1 Å². The number of anilines is 1. The van der Waals surface area contributed by atoms with E-state index in [1.807, 2.05) is 24.3 Å². The van der Waals surface area contributed by atoms with Crippen LogP contribution in [0.1, 0.15) is 25.0 Å². The van der Waals surface area contributed by atoms with Crippen LogP contribution in [0.4, 0.5) is 15.9 Å². The van der Waals surface area contributed by atoms with Crippen LogP contribution in [0.25, 0.3) is 4.85 Å². The Hall–Kier alpha value is -3.39. The van der Waals surface area contributed by atoms with Gasteiger partial charge in [0.25, 0.3) is 0 Å². The topological polar surface area (TPSA) is 29.7 Å². The fraction of sp³-hybridized carbons (Fsp3) is 0.250.